The Kier molecular flexibility index (Phi) is 4.96. The topological polar surface area (TPSA) is 131 Å². The van der Waals surface area contributed by atoms with E-state index in [1.807, 2.05) is 18.2 Å². The molecule has 1 aliphatic heterocycles. The summed E-state index contributed by atoms with van der Waals surface area (Å²) in [6.45, 7) is 3.42. The van der Waals surface area contributed by atoms with Gasteiger partial charge in [0, 0.05) is 5.69 Å². The van der Waals surface area contributed by atoms with Gasteiger partial charge in [-0.25, -0.2) is 18.2 Å². The van der Waals surface area contributed by atoms with Crippen molar-refractivity contribution in [3.63, 3.8) is 0 Å². The number of carbonyl (C=O) groups excluding carboxylic acids is 1. The van der Waals surface area contributed by atoms with Gasteiger partial charge < -0.3 is 0 Å². The first-order valence-corrected chi connectivity index (χ1v) is 10.8. The van der Waals surface area contributed by atoms with Crippen molar-refractivity contribution in [2.75, 3.05) is 5.01 Å². The van der Waals surface area contributed by atoms with E-state index >= 15 is 0 Å². The van der Waals surface area contributed by atoms with Crippen LogP contribution in [0.5, 0.6) is 0 Å². The number of anilines is 1. The molecule has 0 unspecified atom stereocenters. The zero-order chi connectivity index (χ0) is 22.3. The minimum atomic E-state index is -3.84. The number of primary sulfonamides is 1. The van der Waals surface area contributed by atoms with Crippen molar-refractivity contribution in [2.45, 2.75) is 18.7 Å². The Labute approximate surface area is 178 Å². The van der Waals surface area contributed by atoms with Crippen LogP contribution < -0.4 is 15.7 Å². The summed E-state index contributed by atoms with van der Waals surface area (Å²) in [6, 6.07) is 14.6. The van der Waals surface area contributed by atoms with Crippen LogP contribution >= 0.6 is 0 Å². The van der Waals surface area contributed by atoms with E-state index in [1.54, 1.807) is 26.0 Å². The lowest BCUT2D eigenvalue weighted by atomic mass is 10.1. The molecule has 3 aromatic rings. The highest BCUT2D eigenvalue weighted by molar-refractivity contribution is 7.89. The van der Waals surface area contributed by atoms with Gasteiger partial charge in [0.15, 0.2) is 0 Å². The zero-order valence-corrected chi connectivity index (χ0v) is 17.6. The minimum absolute atomic E-state index is 0.0660. The maximum absolute atomic E-state index is 13.0. The monoisotopic (exact) mass is 437 g/mol. The van der Waals surface area contributed by atoms with Crippen molar-refractivity contribution in [3.05, 3.63) is 81.8 Å². The fourth-order valence-electron chi connectivity index (χ4n) is 3.27. The average molecular weight is 437 g/mol. The Bertz CT molecular complexity index is 1400. The summed E-state index contributed by atoms with van der Waals surface area (Å²) in [4.78, 5) is 25.8. The lowest BCUT2D eigenvalue weighted by Crippen LogP contribution is -2.22. The van der Waals surface area contributed by atoms with Crippen LogP contribution in [0.2, 0.25) is 0 Å². The number of H-pyrrole nitrogens is 1. The van der Waals surface area contributed by atoms with E-state index in [2.05, 4.69) is 10.2 Å². The molecule has 0 saturated heterocycles. The number of nitrogens with one attached hydrogen (secondary N) is 1. The first kappa shape index (κ1) is 20.5. The van der Waals surface area contributed by atoms with E-state index in [4.69, 9.17) is 5.14 Å². The number of nitrogens with zero attached hydrogens (tertiary/aromatic N) is 3. The summed E-state index contributed by atoms with van der Waals surface area (Å²) in [7, 11) is -3.84. The van der Waals surface area contributed by atoms with Crippen LogP contribution in [0, 0.1) is 6.92 Å². The summed E-state index contributed by atoms with van der Waals surface area (Å²) in [5.41, 5.74) is 2.45. The van der Waals surface area contributed by atoms with Gasteiger partial charge in [-0.05, 0) is 56.3 Å². The molecule has 1 aliphatic rings. The third-order valence-corrected chi connectivity index (χ3v) is 5.82. The molecular formula is C21H19N5O4S. The van der Waals surface area contributed by atoms with Gasteiger partial charge >= 0.3 is 0 Å². The third kappa shape index (κ3) is 3.74. The fourth-order valence-corrected chi connectivity index (χ4v) is 3.78. The minimum Gasteiger partial charge on any atom is -0.295 e. The third-order valence-electron chi connectivity index (χ3n) is 4.89. The quantitative estimate of drug-likeness (QED) is 0.604. The van der Waals surface area contributed by atoms with Crippen molar-refractivity contribution in [2.24, 2.45) is 10.2 Å². The molecule has 1 aromatic heterocycles. The molecular weight excluding hydrogens is 418 g/mol. The second-order valence-corrected chi connectivity index (χ2v) is 8.59. The predicted octanol–water partition coefficient (Wildman–Crippen LogP) is 1.93. The maximum Gasteiger partial charge on any atom is 0.280 e. The lowest BCUT2D eigenvalue weighted by Gasteiger charge is -2.12. The Morgan fingerprint density at radius 3 is 2.23 bits per heavy atom. The molecule has 2 heterocycles. The van der Waals surface area contributed by atoms with Gasteiger partial charge in [0.05, 0.1) is 33.1 Å². The molecule has 2 aromatic carbocycles. The largest absolute Gasteiger partial charge is 0.295 e. The summed E-state index contributed by atoms with van der Waals surface area (Å²) in [5, 5.41) is 13.6. The second kappa shape index (κ2) is 7.49. The Morgan fingerprint density at radius 1 is 0.968 bits per heavy atom. The normalized spacial score (nSPS) is 15.6. The van der Waals surface area contributed by atoms with Gasteiger partial charge in [-0.1, -0.05) is 18.2 Å². The summed E-state index contributed by atoms with van der Waals surface area (Å²) < 4.78 is 24.3. The van der Waals surface area contributed by atoms with Gasteiger partial charge in [0.1, 0.15) is 0 Å². The average Bonchev–Trinajstić information content (AvgIpc) is 3.19. The van der Waals surface area contributed by atoms with E-state index in [-0.39, 0.29) is 16.0 Å². The van der Waals surface area contributed by atoms with Crippen molar-refractivity contribution in [3.8, 4) is 5.69 Å². The summed E-state index contributed by atoms with van der Waals surface area (Å²) >= 11 is 0. The first-order valence-electron chi connectivity index (χ1n) is 9.28. The van der Waals surface area contributed by atoms with Gasteiger partial charge in [-0.3, -0.25) is 14.7 Å². The van der Waals surface area contributed by atoms with Crippen LogP contribution in [0.3, 0.4) is 0 Å². The van der Waals surface area contributed by atoms with Crippen LogP contribution in [0.15, 0.2) is 75.0 Å². The molecule has 10 heteroatoms. The number of aryl methyl sites for hydroxylation is 1. The van der Waals surface area contributed by atoms with Gasteiger partial charge in [0.25, 0.3) is 11.5 Å². The number of aromatic amines is 1. The molecule has 0 radical (unpaired) electrons. The molecule has 9 nitrogen and oxygen atoms in total. The first-order chi connectivity index (χ1) is 14.7. The van der Waals surface area contributed by atoms with Crippen molar-refractivity contribution >= 4 is 33.4 Å². The van der Waals surface area contributed by atoms with Crippen LogP contribution in [0.1, 0.15) is 18.2 Å². The van der Waals surface area contributed by atoms with Crippen molar-refractivity contribution < 1.29 is 13.2 Å². The molecule has 0 fully saturated rings. The number of rotatable bonds is 4. The van der Waals surface area contributed by atoms with Crippen LogP contribution in [-0.4, -0.2) is 29.8 Å². The number of para-hydroxylation sites is 1. The van der Waals surface area contributed by atoms with Gasteiger partial charge in [0.2, 0.25) is 10.0 Å². The number of nitrogens with two attached hydrogens (primary N) is 1. The van der Waals surface area contributed by atoms with Crippen LogP contribution in [0.4, 0.5) is 5.69 Å². The molecule has 0 bridgehead atoms. The van der Waals surface area contributed by atoms with E-state index in [0.717, 1.165) is 5.01 Å². The number of benzene rings is 2. The number of carbonyl (C=O) groups is 1. The fraction of sp³-hybridized carbons (Fsp3) is 0.0952. The Morgan fingerprint density at radius 2 is 1.61 bits per heavy atom. The number of hydrogen-bond donors (Lipinski definition) is 2. The molecule has 0 saturated carbocycles. The molecule has 1 amide bonds. The standard InChI is InChI=1S/C21H19N5O4S/c1-13-18(20(27)25(23-13)15-6-4-3-5-7-15)12-19-14(2)24-26(21(19)28)16-8-10-17(11-9-16)31(22,29)30/h3-12,23H,1-2H3,(H2,22,29,30)/b19-12-. The Balaban J connectivity index is 1.70. The highest BCUT2D eigenvalue weighted by atomic mass is 32.2. The lowest BCUT2D eigenvalue weighted by molar-refractivity contribution is -0.114. The molecule has 0 aliphatic carbocycles. The molecule has 0 atom stereocenters. The van der Waals surface area contributed by atoms with Gasteiger partial charge in [-0.15, -0.1) is 0 Å². The maximum atomic E-state index is 13.0. The number of hydrogen-bond acceptors (Lipinski definition) is 5. The van der Waals surface area contributed by atoms with Crippen LogP contribution in [-0.2, 0) is 14.8 Å². The highest BCUT2D eigenvalue weighted by Crippen LogP contribution is 2.26. The van der Waals surface area contributed by atoms with E-state index < -0.39 is 15.9 Å². The number of aromatic nitrogens is 2. The zero-order valence-electron chi connectivity index (χ0n) is 16.7. The predicted molar refractivity (Wildman–Crippen MR) is 118 cm³/mol. The molecule has 31 heavy (non-hydrogen) atoms. The van der Waals surface area contributed by atoms with Crippen molar-refractivity contribution in [1.29, 1.82) is 0 Å². The SMILES string of the molecule is CC1=NN(c2ccc(S(N)(=O)=O)cc2)C(=O)/C1=C\c1c(C)[nH]n(-c2ccccc2)c1=O. The number of hydrazone groups is 1. The summed E-state index contributed by atoms with van der Waals surface area (Å²) in [5.74, 6) is -0.424. The molecule has 0 spiro atoms. The van der Waals surface area contributed by atoms with E-state index in [0.29, 0.717) is 28.3 Å². The molecule has 4 rings (SSSR count). The van der Waals surface area contributed by atoms with Crippen LogP contribution in [0.25, 0.3) is 11.8 Å². The smallest absolute Gasteiger partial charge is 0.280 e. The summed E-state index contributed by atoms with van der Waals surface area (Å²) in [6.07, 6.45) is 1.52. The molecule has 3 N–H and O–H groups in total. The van der Waals surface area contributed by atoms with Crippen molar-refractivity contribution in [1.82, 2.24) is 9.78 Å². The second-order valence-electron chi connectivity index (χ2n) is 7.03. The van der Waals surface area contributed by atoms with E-state index in [9.17, 15) is 18.0 Å². The highest BCUT2D eigenvalue weighted by Gasteiger charge is 2.29. The molecule has 158 valence electrons. The van der Waals surface area contributed by atoms with E-state index in [1.165, 1.54) is 35.0 Å². The van der Waals surface area contributed by atoms with Gasteiger partial charge in [-0.2, -0.15) is 10.1 Å². The number of amides is 1. The Hall–Kier alpha value is -3.76. The number of sulfonamides is 1.